The molecule has 0 amide bonds. The van der Waals surface area contributed by atoms with Gasteiger partial charge in [0.25, 0.3) is 0 Å². The molecule has 0 aliphatic carbocycles. The van der Waals surface area contributed by atoms with Crippen molar-refractivity contribution < 1.29 is 0 Å². The largest absolute Gasteiger partial charge is 0.304 e. The van der Waals surface area contributed by atoms with E-state index in [-0.39, 0.29) is 0 Å². The Labute approximate surface area is 107 Å². The first-order valence-electron chi connectivity index (χ1n) is 5.98. The quantitative estimate of drug-likeness (QED) is 0.870. The second kappa shape index (κ2) is 5.94. The van der Waals surface area contributed by atoms with Crippen LogP contribution in [-0.2, 0) is 6.54 Å². The zero-order valence-corrected chi connectivity index (χ0v) is 11.1. The van der Waals surface area contributed by atoms with Gasteiger partial charge < -0.3 is 5.32 Å². The Kier molecular flexibility index (Phi) is 4.29. The summed E-state index contributed by atoms with van der Waals surface area (Å²) in [6.45, 7) is 5.10. The molecule has 17 heavy (non-hydrogen) atoms. The molecule has 2 rings (SSSR count). The van der Waals surface area contributed by atoms with E-state index in [0.717, 1.165) is 18.7 Å². The van der Waals surface area contributed by atoms with Gasteiger partial charge in [-0.15, -0.1) is 11.3 Å². The zero-order chi connectivity index (χ0) is 12.1. The molecule has 0 saturated carbocycles. The van der Waals surface area contributed by atoms with E-state index in [1.165, 1.54) is 10.4 Å². The van der Waals surface area contributed by atoms with Gasteiger partial charge in [-0.2, -0.15) is 0 Å². The van der Waals surface area contributed by atoms with Crippen molar-refractivity contribution in [1.29, 1.82) is 0 Å². The van der Waals surface area contributed by atoms with Gasteiger partial charge in [0.1, 0.15) is 0 Å². The molecule has 1 atom stereocenters. The summed E-state index contributed by atoms with van der Waals surface area (Å²) in [6, 6.07) is 8.93. The first kappa shape index (κ1) is 12.3. The summed E-state index contributed by atoms with van der Waals surface area (Å²) < 4.78 is 0. The van der Waals surface area contributed by atoms with Gasteiger partial charge in [-0.05, 0) is 36.4 Å². The van der Waals surface area contributed by atoms with Crippen molar-refractivity contribution >= 4 is 11.3 Å². The number of hydrogen-bond donors (Lipinski definition) is 1. The Hall–Kier alpha value is -1.19. The molecule has 0 aromatic carbocycles. The van der Waals surface area contributed by atoms with E-state index in [4.69, 9.17) is 0 Å². The second-order valence-corrected chi connectivity index (χ2v) is 5.16. The molecule has 0 radical (unpaired) electrons. The van der Waals surface area contributed by atoms with Crippen LogP contribution in [0.2, 0.25) is 0 Å². The lowest BCUT2D eigenvalue weighted by molar-refractivity contribution is 0.521. The smallest absolute Gasteiger partial charge is 0.0542 e. The van der Waals surface area contributed by atoms with Crippen molar-refractivity contribution in [2.75, 3.05) is 0 Å². The molecule has 90 valence electrons. The molecule has 2 aromatic heterocycles. The van der Waals surface area contributed by atoms with Gasteiger partial charge in [-0.3, -0.25) is 4.98 Å². The highest BCUT2D eigenvalue weighted by Gasteiger charge is 2.09. The van der Waals surface area contributed by atoms with Gasteiger partial charge in [0.05, 0.1) is 5.69 Å². The molecular weight excluding hydrogens is 228 g/mol. The number of nitrogens with zero attached hydrogens (tertiary/aromatic N) is 1. The van der Waals surface area contributed by atoms with E-state index in [0.29, 0.717) is 6.04 Å². The molecule has 0 bridgehead atoms. The number of thiophene rings is 1. The molecule has 0 saturated heterocycles. The van der Waals surface area contributed by atoms with Crippen molar-refractivity contribution in [3.8, 4) is 0 Å². The summed E-state index contributed by atoms with van der Waals surface area (Å²) in [5.41, 5.74) is 2.31. The summed E-state index contributed by atoms with van der Waals surface area (Å²) in [4.78, 5) is 5.81. The highest BCUT2D eigenvalue weighted by molar-refractivity contribution is 7.10. The van der Waals surface area contributed by atoms with Crippen LogP contribution in [-0.4, -0.2) is 4.98 Å². The molecule has 0 aliphatic rings. The van der Waals surface area contributed by atoms with Gasteiger partial charge in [-0.1, -0.05) is 19.1 Å². The Morgan fingerprint density at radius 2 is 2.24 bits per heavy atom. The van der Waals surface area contributed by atoms with Crippen LogP contribution in [0.3, 0.4) is 0 Å². The average Bonchev–Trinajstić information content (AvgIpc) is 2.86. The Morgan fingerprint density at radius 3 is 2.82 bits per heavy atom. The van der Waals surface area contributed by atoms with Gasteiger partial charge in [0.2, 0.25) is 0 Å². The highest BCUT2D eigenvalue weighted by atomic mass is 32.1. The van der Waals surface area contributed by atoms with Crippen molar-refractivity contribution in [2.24, 2.45) is 0 Å². The molecule has 1 unspecified atom stereocenters. The molecular formula is C14H18N2S. The Balaban J connectivity index is 1.94. The number of nitrogens with one attached hydrogen (secondary N) is 1. The van der Waals surface area contributed by atoms with Crippen LogP contribution in [0.25, 0.3) is 0 Å². The van der Waals surface area contributed by atoms with Crippen molar-refractivity contribution in [2.45, 2.75) is 32.9 Å². The lowest BCUT2D eigenvalue weighted by Crippen LogP contribution is -2.19. The summed E-state index contributed by atoms with van der Waals surface area (Å²) in [7, 11) is 0. The average molecular weight is 246 g/mol. The Bertz CT molecular complexity index is 434. The van der Waals surface area contributed by atoms with E-state index in [1.807, 2.05) is 17.5 Å². The highest BCUT2D eigenvalue weighted by Crippen LogP contribution is 2.21. The predicted octanol–water partition coefficient (Wildman–Crippen LogP) is 3.69. The van der Waals surface area contributed by atoms with Crippen molar-refractivity contribution in [3.63, 3.8) is 0 Å². The SMILES string of the molecule is CCC(NCc1ccc(C)cn1)c1cccs1. The van der Waals surface area contributed by atoms with Crippen molar-refractivity contribution in [1.82, 2.24) is 10.3 Å². The number of pyridine rings is 1. The lowest BCUT2D eigenvalue weighted by Gasteiger charge is -2.15. The molecule has 3 heteroatoms. The third-order valence-corrected chi connectivity index (χ3v) is 3.78. The fourth-order valence-electron chi connectivity index (χ4n) is 1.77. The summed E-state index contributed by atoms with van der Waals surface area (Å²) in [6.07, 6.45) is 3.02. The zero-order valence-electron chi connectivity index (χ0n) is 10.3. The summed E-state index contributed by atoms with van der Waals surface area (Å²) in [5.74, 6) is 0. The number of aromatic nitrogens is 1. The van der Waals surface area contributed by atoms with Crippen LogP contribution < -0.4 is 5.32 Å². The fourth-order valence-corrected chi connectivity index (χ4v) is 2.65. The van der Waals surface area contributed by atoms with Crippen LogP contribution in [0.4, 0.5) is 0 Å². The molecule has 0 spiro atoms. The standard InChI is InChI=1S/C14H18N2S/c1-3-13(14-5-4-8-17-14)16-10-12-7-6-11(2)9-15-12/h4-9,13,16H,3,10H2,1-2H3. The summed E-state index contributed by atoms with van der Waals surface area (Å²) in [5, 5.41) is 5.68. The maximum atomic E-state index is 4.41. The molecule has 0 aliphatic heterocycles. The van der Waals surface area contributed by atoms with Crippen LogP contribution in [0.15, 0.2) is 35.8 Å². The van der Waals surface area contributed by atoms with E-state index >= 15 is 0 Å². The number of hydrogen-bond acceptors (Lipinski definition) is 3. The van der Waals surface area contributed by atoms with Gasteiger partial charge in [0.15, 0.2) is 0 Å². The molecule has 2 nitrogen and oxygen atoms in total. The van der Waals surface area contributed by atoms with Gasteiger partial charge in [0, 0.05) is 23.7 Å². The first-order chi connectivity index (χ1) is 8.29. The lowest BCUT2D eigenvalue weighted by atomic mass is 10.2. The van der Waals surface area contributed by atoms with Crippen LogP contribution in [0.5, 0.6) is 0 Å². The molecule has 2 aromatic rings. The fraction of sp³-hybridized carbons (Fsp3) is 0.357. The number of rotatable bonds is 5. The second-order valence-electron chi connectivity index (χ2n) is 4.18. The van der Waals surface area contributed by atoms with Crippen LogP contribution in [0, 0.1) is 6.92 Å². The normalized spacial score (nSPS) is 12.6. The topological polar surface area (TPSA) is 24.9 Å². The van der Waals surface area contributed by atoms with E-state index in [2.05, 4.69) is 53.8 Å². The third-order valence-electron chi connectivity index (χ3n) is 2.80. The molecule has 0 fully saturated rings. The Morgan fingerprint density at radius 1 is 1.35 bits per heavy atom. The minimum absolute atomic E-state index is 0.443. The van der Waals surface area contributed by atoms with Crippen LogP contribution >= 0.6 is 11.3 Å². The number of aryl methyl sites for hydroxylation is 1. The maximum Gasteiger partial charge on any atom is 0.0542 e. The van der Waals surface area contributed by atoms with Crippen LogP contribution in [0.1, 0.15) is 35.5 Å². The summed E-state index contributed by atoms with van der Waals surface area (Å²) >= 11 is 1.81. The van der Waals surface area contributed by atoms with Gasteiger partial charge in [-0.25, -0.2) is 0 Å². The monoisotopic (exact) mass is 246 g/mol. The maximum absolute atomic E-state index is 4.41. The van der Waals surface area contributed by atoms with Gasteiger partial charge >= 0.3 is 0 Å². The molecule has 2 heterocycles. The third kappa shape index (κ3) is 3.38. The molecule has 1 N–H and O–H groups in total. The van der Waals surface area contributed by atoms with Crippen molar-refractivity contribution in [3.05, 3.63) is 52.0 Å². The minimum Gasteiger partial charge on any atom is -0.304 e. The first-order valence-corrected chi connectivity index (χ1v) is 6.86. The predicted molar refractivity (Wildman–Crippen MR) is 73.2 cm³/mol. The van der Waals surface area contributed by atoms with E-state index in [1.54, 1.807) is 0 Å². The minimum atomic E-state index is 0.443. The van der Waals surface area contributed by atoms with E-state index < -0.39 is 0 Å². The van der Waals surface area contributed by atoms with E-state index in [9.17, 15) is 0 Å².